The van der Waals surface area contributed by atoms with Crippen LogP contribution < -0.4 is 19.4 Å². The highest BCUT2D eigenvalue weighted by Gasteiger charge is 2.46. The van der Waals surface area contributed by atoms with Gasteiger partial charge in [0.2, 0.25) is 11.8 Å². The van der Waals surface area contributed by atoms with Crippen molar-refractivity contribution in [2.45, 2.75) is 70.4 Å². The molecule has 0 radical (unpaired) electrons. The van der Waals surface area contributed by atoms with Crippen LogP contribution in [0.25, 0.3) is 0 Å². The lowest BCUT2D eigenvalue weighted by Gasteiger charge is -2.43. The van der Waals surface area contributed by atoms with Gasteiger partial charge in [0.25, 0.3) is 0 Å². The minimum Gasteiger partial charge on any atom is -0.481 e. The summed E-state index contributed by atoms with van der Waals surface area (Å²) in [6.45, 7) is 2.84. The molecule has 3 heterocycles. The van der Waals surface area contributed by atoms with Gasteiger partial charge in [-0.2, -0.15) is 26.3 Å². The Labute approximate surface area is 294 Å². The summed E-state index contributed by atoms with van der Waals surface area (Å²) in [5, 5.41) is 9.04. The van der Waals surface area contributed by atoms with E-state index in [-0.39, 0.29) is 66.9 Å². The minimum absolute atomic E-state index is 0.0441. The third kappa shape index (κ3) is 9.22. The van der Waals surface area contributed by atoms with E-state index in [1.54, 1.807) is 19.9 Å². The van der Waals surface area contributed by atoms with E-state index in [0.29, 0.717) is 12.5 Å². The second-order valence-electron chi connectivity index (χ2n) is 11.9. The van der Waals surface area contributed by atoms with Crippen molar-refractivity contribution in [2.24, 2.45) is 5.92 Å². The number of aliphatic carboxylic acids is 1. The Hall–Kier alpha value is -5.10. The van der Waals surface area contributed by atoms with E-state index in [4.69, 9.17) is 19.3 Å². The minimum atomic E-state index is -5.04. The number of pyridine rings is 1. The first kappa shape index (κ1) is 39.7. The SMILES string of the molecule is CCOC(=O)N1c2ccc(OC)nc2[C@@H](N(CC2=CC(C(F)(F)F)CC(C(F)(F)F)=C2)c2ncc(N(CCCC(=O)O)C(=O)OC)cn2)C[C@H]1CC. The highest BCUT2D eigenvalue weighted by Crippen LogP contribution is 2.45. The number of anilines is 3. The molecule has 0 fully saturated rings. The molecule has 1 aliphatic carbocycles. The molecule has 1 aliphatic heterocycles. The van der Waals surface area contributed by atoms with Crippen LogP contribution in [0.1, 0.15) is 57.7 Å². The smallest absolute Gasteiger partial charge is 0.414 e. The lowest BCUT2D eigenvalue weighted by atomic mass is 9.88. The van der Waals surface area contributed by atoms with Gasteiger partial charge < -0.3 is 24.2 Å². The van der Waals surface area contributed by atoms with Crippen molar-refractivity contribution < 1.29 is 60.0 Å². The molecule has 2 amide bonds. The number of fused-ring (bicyclic) bond motifs is 1. The van der Waals surface area contributed by atoms with Gasteiger partial charge in [0.15, 0.2) is 0 Å². The molecule has 2 aromatic rings. The molecule has 2 aromatic heterocycles. The van der Waals surface area contributed by atoms with Crippen molar-refractivity contribution in [3.63, 3.8) is 0 Å². The number of carboxylic acid groups (broad SMARTS) is 1. The number of alkyl halides is 6. The molecule has 0 saturated carbocycles. The number of hydrogen-bond acceptors (Lipinski definition) is 10. The lowest BCUT2D eigenvalue weighted by Crippen LogP contribution is -2.49. The van der Waals surface area contributed by atoms with Crippen molar-refractivity contribution in [2.75, 3.05) is 48.6 Å². The van der Waals surface area contributed by atoms with E-state index in [9.17, 15) is 40.7 Å². The summed E-state index contributed by atoms with van der Waals surface area (Å²) in [4.78, 5) is 54.0. The number of halogens is 6. The molecule has 19 heteroatoms. The van der Waals surface area contributed by atoms with Crippen LogP contribution in [0.3, 0.4) is 0 Å². The summed E-state index contributed by atoms with van der Waals surface area (Å²) in [5.74, 6) is -3.56. The second kappa shape index (κ2) is 16.5. The van der Waals surface area contributed by atoms with E-state index in [1.807, 2.05) is 0 Å². The number of nitrogens with zero attached hydrogens (tertiary/aromatic N) is 6. The topological polar surface area (TPSA) is 148 Å². The van der Waals surface area contributed by atoms with Crippen LogP contribution in [-0.2, 0) is 14.3 Å². The maximum absolute atomic E-state index is 14.0. The largest absolute Gasteiger partial charge is 0.481 e. The van der Waals surface area contributed by atoms with E-state index in [1.165, 1.54) is 35.4 Å². The normalized spacial score (nSPS) is 18.8. The molecule has 13 nitrogen and oxygen atoms in total. The fourth-order valence-corrected chi connectivity index (χ4v) is 6.08. The van der Waals surface area contributed by atoms with Gasteiger partial charge in [0, 0.05) is 37.2 Å². The van der Waals surface area contributed by atoms with Gasteiger partial charge in [-0.3, -0.25) is 14.6 Å². The van der Waals surface area contributed by atoms with E-state index >= 15 is 0 Å². The third-order valence-corrected chi connectivity index (χ3v) is 8.55. The number of carbonyl (C=O) groups is 3. The zero-order chi connectivity index (χ0) is 38.4. The fraction of sp³-hybridized carbons (Fsp3) is 0.515. The molecule has 0 aromatic carbocycles. The van der Waals surface area contributed by atoms with Crippen LogP contribution in [0, 0.1) is 5.92 Å². The predicted octanol–water partition coefficient (Wildman–Crippen LogP) is 7.01. The summed E-state index contributed by atoms with van der Waals surface area (Å²) in [5.41, 5.74) is -1.13. The van der Waals surface area contributed by atoms with Crippen LogP contribution in [-0.4, -0.2) is 90.5 Å². The van der Waals surface area contributed by atoms with Gasteiger partial charge in [-0.25, -0.2) is 24.5 Å². The lowest BCUT2D eigenvalue weighted by molar-refractivity contribution is -0.166. The first-order valence-corrected chi connectivity index (χ1v) is 16.2. The molecule has 2 aliphatic rings. The predicted molar refractivity (Wildman–Crippen MR) is 174 cm³/mol. The zero-order valence-corrected chi connectivity index (χ0v) is 28.7. The molecule has 52 heavy (non-hydrogen) atoms. The average molecular weight is 745 g/mol. The van der Waals surface area contributed by atoms with Crippen molar-refractivity contribution in [1.82, 2.24) is 15.0 Å². The number of hydrogen-bond donors (Lipinski definition) is 1. The molecule has 0 saturated heterocycles. The average Bonchev–Trinajstić information content (AvgIpc) is 3.10. The quantitative estimate of drug-likeness (QED) is 0.224. The molecule has 3 atom stereocenters. The molecule has 0 bridgehead atoms. The summed E-state index contributed by atoms with van der Waals surface area (Å²) >= 11 is 0. The molecule has 0 spiro atoms. The Morgan fingerprint density at radius 2 is 1.75 bits per heavy atom. The van der Waals surface area contributed by atoms with Crippen LogP contribution in [0.5, 0.6) is 5.88 Å². The molecular formula is C33H38F6N6O7. The summed E-state index contributed by atoms with van der Waals surface area (Å²) < 4.78 is 99.2. The van der Waals surface area contributed by atoms with E-state index < -0.39 is 67.0 Å². The summed E-state index contributed by atoms with van der Waals surface area (Å²) in [6, 6.07) is 1.55. The number of carboxylic acids is 1. The Kier molecular flexibility index (Phi) is 12.6. The van der Waals surface area contributed by atoms with Crippen molar-refractivity contribution in [3.05, 3.63) is 53.5 Å². The monoisotopic (exact) mass is 744 g/mol. The maximum Gasteiger partial charge on any atom is 0.414 e. The van der Waals surface area contributed by atoms with Gasteiger partial charge in [-0.05, 0) is 50.3 Å². The number of amides is 2. The number of aromatic nitrogens is 3. The van der Waals surface area contributed by atoms with E-state index in [0.717, 1.165) is 18.1 Å². The number of rotatable bonds is 12. The fourth-order valence-electron chi connectivity index (χ4n) is 6.08. The van der Waals surface area contributed by atoms with Crippen molar-refractivity contribution >= 4 is 35.5 Å². The zero-order valence-electron chi connectivity index (χ0n) is 28.7. The molecule has 1 N–H and O–H groups in total. The van der Waals surface area contributed by atoms with E-state index in [2.05, 4.69) is 15.0 Å². The van der Waals surface area contributed by atoms with Gasteiger partial charge in [0.05, 0.1) is 62.2 Å². The highest BCUT2D eigenvalue weighted by molar-refractivity contribution is 5.90. The Bertz CT molecular complexity index is 1670. The summed E-state index contributed by atoms with van der Waals surface area (Å²) in [7, 11) is 2.46. The molecular weight excluding hydrogens is 706 g/mol. The number of ether oxygens (including phenoxy) is 3. The second-order valence-corrected chi connectivity index (χ2v) is 11.9. The Morgan fingerprint density at radius 3 is 2.31 bits per heavy atom. The van der Waals surface area contributed by atoms with Crippen molar-refractivity contribution in [3.8, 4) is 5.88 Å². The summed E-state index contributed by atoms with van der Waals surface area (Å²) in [6.07, 6.45) is -8.80. The molecule has 284 valence electrons. The van der Waals surface area contributed by atoms with Gasteiger partial charge in [-0.1, -0.05) is 13.0 Å². The van der Waals surface area contributed by atoms with Gasteiger partial charge in [-0.15, -0.1) is 0 Å². The third-order valence-electron chi connectivity index (χ3n) is 8.55. The molecule has 4 rings (SSSR count). The number of carbonyl (C=O) groups excluding carboxylic acids is 2. The number of methoxy groups -OCH3 is 2. The van der Waals surface area contributed by atoms with Gasteiger partial charge >= 0.3 is 30.5 Å². The van der Waals surface area contributed by atoms with Crippen LogP contribution in [0.4, 0.5) is 53.3 Å². The highest BCUT2D eigenvalue weighted by atomic mass is 19.4. The Balaban J connectivity index is 1.89. The molecule has 1 unspecified atom stereocenters. The van der Waals surface area contributed by atoms with Crippen LogP contribution in [0.15, 0.2) is 47.8 Å². The van der Waals surface area contributed by atoms with Crippen molar-refractivity contribution in [1.29, 1.82) is 0 Å². The Morgan fingerprint density at radius 1 is 1.06 bits per heavy atom. The first-order chi connectivity index (χ1) is 24.5. The number of allylic oxidation sites excluding steroid dienone is 2. The van der Waals surface area contributed by atoms with Crippen LogP contribution in [0.2, 0.25) is 0 Å². The maximum atomic E-state index is 14.0. The first-order valence-electron chi connectivity index (χ1n) is 16.2. The van der Waals surface area contributed by atoms with Crippen LogP contribution >= 0.6 is 0 Å². The standard InChI is InChI=1S/C33H38F6N6O7/c1-5-22-15-25(28-24(9-10-26(42-28)50-3)45(22)31(49)52-6-2)44(18-19-12-20(32(34,35)36)14-21(13-19)33(37,38)39)29-40-16-23(17-41-29)43(30(48)51-4)11-7-8-27(46)47/h9-10,12-13,16-17,20,22,25H,5-8,11,14-15,18H2,1-4H3,(H,46,47)/t20?,22-,25+/m1/s1. The van der Waals surface area contributed by atoms with Gasteiger partial charge in [0.1, 0.15) is 0 Å².